The van der Waals surface area contributed by atoms with Gasteiger partial charge in [0.15, 0.2) is 0 Å². The molecule has 1 fully saturated rings. The highest BCUT2D eigenvalue weighted by Crippen LogP contribution is 2.34. The molecule has 1 heterocycles. The first-order valence-corrected chi connectivity index (χ1v) is 8.76. The van der Waals surface area contributed by atoms with Crippen LogP contribution in [0.25, 0.3) is 0 Å². The molecule has 0 saturated carbocycles. The highest BCUT2D eigenvalue weighted by atomic mass is 35.5. The molecular formula is C13H18Cl2N2O2S. The monoisotopic (exact) mass is 336 g/mol. The lowest BCUT2D eigenvalue weighted by atomic mass is 10.0. The van der Waals surface area contributed by atoms with Crippen molar-refractivity contribution in [1.29, 1.82) is 0 Å². The predicted octanol–water partition coefficient (Wildman–Crippen LogP) is 3.39. The third-order valence-corrected chi connectivity index (χ3v) is 6.26. The van der Waals surface area contributed by atoms with Crippen molar-refractivity contribution in [3.8, 4) is 0 Å². The average Bonchev–Trinajstić information content (AvgIpc) is 2.52. The van der Waals surface area contributed by atoms with Crippen molar-refractivity contribution in [2.24, 2.45) is 5.92 Å². The zero-order chi connectivity index (χ0) is 14.9. The van der Waals surface area contributed by atoms with Crippen LogP contribution in [0.2, 0.25) is 10.0 Å². The maximum atomic E-state index is 12.7. The molecule has 2 N–H and O–H groups in total. The van der Waals surface area contributed by atoms with Gasteiger partial charge in [-0.1, -0.05) is 30.1 Å². The Morgan fingerprint density at radius 1 is 1.25 bits per heavy atom. The number of rotatable bonds is 2. The Morgan fingerprint density at radius 3 is 2.60 bits per heavy atom. The van der Waals surface area contributed by atoms with Crippen LogP contribution in [-0.4, -0.2) is 25.8 Å². The Morgan fingerprint density at radius 2 is 1.95 bits per heavy atom. The van der Waals surface area contributed by atoms with Crippen molar-refractivity contribution in [3.63, 3.8) is 0 Å². The molecule has 0 bridgehead atoms. The molecule has 2 rings (SSSR count). The van der Waals surface area contributed by atoms with E-state index in [4.69, 9.17) is 28.9 Å². The predicted molar refractivity (Wildman–Crippen MR) is 82.6 cm³/mol. The molecule has 20 heavy (non-hydrogen) atoms. The minimum absolute atomic E-state index is 0.0295. The summed E-state index contributed by atoms with van der Waals surface area (Å²) in [7, 11) is -3.67. The average molecular weight is 337 g/mol. The molecule has 7 heteroatoms. The molecule has 1 saturated heterocycles. The standard InChI is InChI=1S/C13H18Cl2N2O2S/c1-9-3-2-5-17(6-4-9)20(18,19)13-11(15)7-10(14)8-12(13)16/h7-9H,2-6,16H2,1H3. The summed E-state index contributed by atoms with van der Waals surface area (Å²) in [6.07, 6.45) is 2.74. The van der Waals surface area contributed by atoms with E-state index in [9.17, 15) is 8.42 Å². The summed E-state index contributed by atoms with van der Waals surface area (Å²) in [5, 5.41) is 0.406. The van der Waals surface area contributed by atoms with E-state index in [0.29, 0.717) is 24.0 Å². The third kappa shape index (κ3) is 3.22. The maximum absolute atomic E-state index is 12.7. The van der Waals surface area contributed by atoms with Gasteiger partial charge in [-0.3, -0.25) is 0 Å². The van der Waals surface area contributed by atoms with Crippen LogP contribution in [0.1, 0.15) is 26.2 Å². The van der Waals surface area contributed by atoms with Gasteiger partial charge in [0.2, 0.25) is 10.0 Å². The number of hydrogen-bond donors (Lipinski definition) is 1. The van der Waals surface area contributed by atoms with Gasteiger partial charge in [-0.25, -0.2) is 8.42 Å². The zero-order valence-electron chi connectivity index (χ0n) is 11.3. The fraction of sp³-hybridized carbons (Fsp3) is 0.538. The van der Waals surface area contributed by atoms with E-state index >= 15 is 0 Å². The van der Waals surface area contributed by atoms with E-state index < -0.39 is 10.0 Å². The van der Waals surface area contributed by atoms with E-state index in [2.05, 4.69) is 6.92 Å². The molecule has 1 unspecified atom stereocenters. The Kier molecular flexibility index (Phi) is 4.84. The van der Waals surface area contributed by atoms with Gasteiger partial charge in [-0.2, -0.15) is 4.31 Å². The van der Waals surface area contributed by atoms with Crippen molar-refractivity contribution in [2.45, 2.75) is 31.1 Å². The first-order valence-electron chi connectivity index (χ1n) is 6.57. The lowest BCUT2D eigenvalue weighted by molar-refractivity contribution is 0.417. The summed E-state index contributed by atoms with van der Waals surface area (Å²) < 4.78 is 26.9. The Labute approximate surface area is 129 Å². The SMILES string of the molecule is CC1CCCN(S(=O)(=O)c2c(N)cc(Cl)cc2Cl)CC1. The molecule has 0 aliphatic carbocycles. The molecule has 4 nitrogen and oxygen atoms in total. The molecular weight excluding hydrogens is 319 g/mol. The van der Waals surface area contributed by atoms with E-state index in [-0.39, 0.29) is 15.6 Å². The lowest BCUT2D eigenvalue weighted by Gasteiger charge is -2.21. The zero-order valence-corrected chi connectivity index (χ0v) is 13.6. The van der Waals surface area contributed by atoms with Gasteiger partial charge < -0.3 is 5.73 Å². The van der Waals surface area contributed by atoms with E-state index in [0.717, 1.165) is 19.3 Å². The molecule has 0 spiro atoms. The largest absolute Gasteiger partial charge is 0.398 e. The lowest BCUT2D eigenvalue weighted by Crippen LogP contribution is -2.32. The molecule has 1 aromatic rings. The van der Waals surface area contributed by atoms with Gasteiger partial charge in [0.1, 0.15) is 4.90 Å². The molecule has 1 aromatic carbocycles. The van der Waals surface area contributed by atoms with Crippen LogP contribution >= 0.6 is 23.2 Å². The molecule has 0 amide bonds. The summed E-state index contributed by atoms with van der Waals surface area (Å²) in [5.74, 6) is 0.535. The third-order valence-electron chi connectivity index (χ3n) is 3.61. The summed E-state index contributed by atoms with van der Waals surface area (Å²) in [5.41, 5.74) is 5.90. The number of hydrogen-bond acceptors (Lipinski definition) is 3. The Balaban J connectivity index is 2.40. The van der Waals surface area contributed by atoms with Crippen molar-refractivity contribution in [2.75, 3.05) is 18.8 Å². The Bertz CT molecular complexity index is 581. The van der Waals surface area contributed by atoms with Crippen molar-refractivity contribution >= 4 is 38.9 Å². The number of benzene rings is 1. The van der Waals surface area contributed by atoms with E-state index in [1.54, 1.807) is 0 Å². The number of halogens is 2. The highest BCUT2D eigenvalue weighted by molar-refractivity contribution is 7.89. The molecule has 112 valence electrons. The summed E-state index contributed by atoms with van der Waals surface area (Å²) in [6.45, 7) is 3.15. The van der Waals surface area contributed by atoms with Gasteiger partial charge >= 0.3 is 0 Å². The van der Waals surface area contributed by atoms with Crippen LogP contribution in [0.5, 0.6) is 0 Å². The summed E-state index contributed by atoms with van der Waals surface area (Å²) >= 11 is 11.9. The second kappa shape index (κ2) is 6.10. The smallest absolute Gasteiger partial charge is 0.246 e. The van der Waals surface area contributed by atoms with Crippen LogP contribution < -0.4 is 5.73 Å². The van der Waals surface area contributed by atoms with Gasteiger partial charge in [0, 0.05) is 18.1 Å². The maximum Gasteiger partial charge on any atom is 0.246 e. The van der Waals surface area contributed by atoms with E-state index in [1.807, 2.05) is 0 Å². The molecule has 0 aromatic heterocycles. The van der Waals surface area contributed by atoms with Gasteiger partial charge in [-0.05, 0) is 37.3 Å². The summed E-state index contributed by atoms with van der Waals surface area (Å²) in [4.78, 5) is -0.0295. The van der Waals surface area contributed by atoms with Gasteiger partial charge in [-0.15, -0.1) is 0 Å². The Hall–Kier alpha value is -0.490. The minimum Gasteiger partial charge on any atom is -0.398 e. The first kappa shape index (κ1) is 15.9. The number of anilines is 1. The molecule has 1 aliphatic rings. The van der Waals surface area contributed by atoms with E-state index in [1.165, 1.54) is 16.4 Å². The van der Waals surface area contributed by atoms with Crippen LogP contribution in [0.4, 0.5) is 5.69 Å². The first-order chi connectivity index (χ1) is 9.32. The molecule has 0 radical (unpaired) electrons. The molecule has 1 atom stereocenters. The van der Waals surface area contributed by atoms with Crippen molar-refractivity contribution in [1.82, 2.24) is 4.31 Å². The van der Waals surface area contributed by atoms with Crippen LogP contribution in [-0.2, 0) is 10.0 Å². The quantitative estimate of drug-likeness (QED) is 0.842. The second-order valence-electron chi connectivity index (χ2n) is 5.25. The minimum atomic E-state index is -3.67. The molecule has 1 aliphatic heterocycles. The van der Waals surface area contributed by atoms with Gasteiger partial charge in [0.05, 0.1) is 10.7 Å². The number of nitrogen functional groups attached to an aromatic ring is 1. The normalized spacial score (nSPS) is 21.6. The highest BCUT2D eigenvalue weighted by Gasteiger charge is 2.30. The second-order valence-corrected chi connectivity index (χ2v) is 7.96. The topological polar surface area (TPSA) is 63.4 Å². The van der Waals surface area contributed by atoms with Crippen LogP contribution in [0.3, 0.4) is 0 Å². The number of nitrogens with two attached hydrogens (primary N) is 1. The number of nitrogens with zero attached hydrogens (tertiary/aromatic N) is 1. The van der Waals surface area contributed by atoms with Crippen LogP contribution in [0.15, 0.2) is 17.0 Å². The fourth-order valence-corrected chi connectivity index (χ4v) is 4.90. The van der Waals surface area contributed by atoms with Crippen LogP contribution in [0, 0.1) is 5.92 Å². The fourth-order valence-electron chi connectivity index (χ4n) is 2.46. The van der Waals surface area contributed by atoms with Crippen molar-refractivity contribution in [3.05, 3.63) is 22.2 Å². The summed E-state index contributed by atoms with van der Waals surface area (Å²) in [6, 6.07) is 2.83. The van der Waals surface area contributed by atoms with Crippen molar-refractivity contribution < 1.29 is 8.42 Å². The number of sulfonamides is 1. The van der Waals surface area contributed by atoms with Gasteiger partial charge in [0.25, 0.3) is 0 Å².